The van der Waals surface area contributed by atoms with Crippen LogP contribution in [0.15, 0.2) is 41.1 Å². The molecule has 0 radical (unpaired) electrons. The molecule has 0 bridgehead atoms. The minimum atomic E-state index is -4.55. The zero-order valence-electron chi connectivity index (χ0n) is 13.6. The molecule has 1 unspecified atom stereocenters. The fourth-order valence-corrected chi connectivity index (χ4v) is 3.90. The summed E-state index contributed by atoms with van der Waals surface area (Å²) in [6.45, 7) is 2.17. The molecule has 3 nitrogen and oxygen atoms in total. The Morgan fingerprint density at radius 1 is 1.20 bits per heavy atom. The lowest BCUT2D eigenvalue weighted by Gasteiger charge is -2.27. The van der Waals surface area contributed by atoms with Crippen LogP contribution >= 0.6 is 11.3 Å². The summed E-state index contributed by atoms with van der Waals surface area (Å²) >= 11 is 1.58. The molecular weight excluding hydrogens is 349 g/mol. The molecular formula is C18H19F3N2OS. The summed E-state index contributed by atoms with van der Waals surface area (Å²) in [7, 11) is 0. The van der Waals surface area contributed by atoms with Crippen molar-refractivity contribution < 1.29 is 18.0 Å². The number of rotatable bonds is 5. The van der Waals surface area contributed by atoms with Gasteiger partial charge in [-0.2, -0.15) is 24.5 Å². The summed E-state index contributed by atoms with van der Waals surface area (Å²) in [5, 5.41) is 6.70. The zero-order chi connectivity index (χ0) is 17.9. The van der Waals surface area contributed by atoms with Gasteiger partial charge in [0.15, 0.2) is 0 Å². The van der Waals surface area contributed by atoms with E-state index in [-0.39, 0.29) is 11.6 Å². The van der Waals surface area contributed by atoms with E-state index in [1.54, 1.807) is 11.3 Å². The van der Waals surface area contributed by atoms with Crippen LogP contribution in [0.3, 0.4) is 0 Å². The second-order valence-corrected chi connectivity index (χ2v) is 6.85. The highest BCUT2D eigenvalue weighted by Crippen LogP contribution is 2.32. The molecule has 1 amide bonds. The van der Waals surface area contributed by atoms with E-state index >= 15 is 0 Å². The molecule has 3 rings (SSSR count). The third-order valence-corrected chi connectivity index (χ3v) is 5.14. The largest absolute Gasteiger partial charge is 0.417 e. The molecule has 1 aromatic heterocycles. The number of hydrogen-bond acceptors (Lipinski definition) is 3. The summed E-state index contributed by atoms with van der Waals surface area (Å²) in [6.07, 6.45) is -2.34. The normalized spacial score (nSPS) is 16.8. The highest BCUT2D eigenvalue weighted by Gasteiger charge is 2.35. The van der Waals surface area contributed by atoms with Gasteiger partial charge in [0.1, 0.15) is 0 Å². The SMILES string of the molecule is O=C(NCC(c1ccsc1)N1CCCC1)c1ccccc1C(F)(F)F. The predicted octanol–water partition coefficient (Wildman–Crippen LogP) is 4.33. The molecule has 1 fully saturated rings. The zero-order valence-corrected chi connectivity index (χ0v) is 14.4. The Kier molecular flexibility index (Phi) is 5.44. The number of amides is 1. The van der Waals surface area contributed by atoms with Gasteiger partial charge < -0.3 is 5.32 Å². The number of nitrogens with one attached hydrogen (secondary N) is 1. The standard InChI is InChI=1S/C18H19F3N2OS/c19-18(20,21)15-6-2-1-5-14(15)17(24)22-11-16(13-7-10-25-12-13)23-8-3-4-9-23/h1-2,5-7,10,12,16H,3-4,8-9,11H2,(H,22,24). The quantitative estimate of drug-likeness (QED) is 0.852. The first-order valence-corrected chi connectivity index (χ1v) is 9.11. The number of hydrogen-bond donors (Lipinski definition) is 1. The van der Waals surface area contributed by atoms with Gasteiger partial charge in [-0.15, -0.1) is 0 Å². The molecule has 2 aromatic rings. The van der Waals surface area contributed by atoms with Crippen LogP contribution in [0.5, 0.6) is 0 Å². The van der Waals surface area contributed by atoms with Gasteiger partial charge in [0, 0.05) is 6.54 Å². The lowest BCUT2D eigenvalue weighted by atomic mass is 10.1. The maximum atomic E-state index is 13.1. The maximum absolute atomic E-state index is 13.1. The molecule has 25 heavy (non-hydrogen) atoms. The van der Waals surface area contributed by atoms with Gasteiger partial charge in [-0.3, -0.25) is 9.69 Å². The Morgan fingerprint density at radius 3 is 2.56 bits per heavy atom. The molecule has 0 saturated carbocycles. The third-order valence-electron chi connectivity index (χ3n) is 4.44. The Morgan fingerprint density at radius 2 is 1.92 bits per heavy atom. The van der Waals surface area contributed by atoms with Gasteiger partial charge in [-0.1, -0.05) is 12.1 Å². The first-order valence-electron chi connectivity index (χ1n) is 8.17. The lowest BCUT2D eigenvalue weighted by molar-refractivity contribution is -0.137. The van der Waals surface area contributed by atoms with Gasteiger partial charge >= 0.3 is 6.18 Å². The van der Waals surface area contributed by atoms with Crippen molar-refractivity contribution in [1.82, 2.24) is 10.2 Å². The monoisotopic (exact) mass is 368 g/mol. The Hall–Kier alpha value is -1.86. The number of halogens is 3. The average Bonchev–Trinajstić information content (AvgIpc) is 3.28. The number of nitrogens with zero attached hydrogens (tertiary/aromatic N) is 1. The van der Waals surface area contributed by atoms with Crippen LogP contribution in [0, 0.1) is 0 Å². The average molecular weight is 368 g/mol. The smallest absolute Gasteiger partial charge is 0.350 e. The fraction of sp³-hybridized carbons (Fsp3) is 0.389. The molecule has 134 valence electrons. The van der Waals surface area contributed by atoms with Gasteiger partial charge in [-0.25, -0.2) is 0 Å². The van der Waals surface area contributed by atoms with E-state index in [1.807, 2.05) is 16.8 Å². The Bertz CT molecular complexity index is 709. The summed E-state index contributed by atoms with van der Waals surface area (Å²) in [5.74, 6) is -0.688. The van der Waals surface area contributed by atoms with Crippen molar-refractivity contribution in [3.63, 3.8) is 0 Å². The number of carbonyl (C=O) groups excluding carboxylic acids is 1. The molecule has 1 N–H and O–H groups in total. The van der Waals surface area contributed by atoms with Crippen molar-refractivity contribution >= 4 is 17.2 Å². The van der Waals surface area contributed by atoms with Crippen LogP contribution in [-0.4, -0.2) is 30.4 Å². The van der Waals surface area contributed by atoms with Gasteiger partial charge in [0.2, 0.25) is 0 Å². The van der Waals surface area contributed by atoms with Crippen LogP contribution in [0.2, 0.25) is 0 Å². The molecule has 1 atom stereocenters. The highest BCUT2D eigenvalue weighted by molar-refractivity contribution is 7.07. The van der Waals surface area contributed by atoms with Crippen molar-refractivity contribution in [2.24, 2.45) is 0 Å². The summed E-state index contributed by atoms with van der Waals surface area (Å²) in [5.41, 5.74) is -0.141. The second-order valence-electron chi connectivity index (χ2n) is 6.07. The van der Waals surface area contributed by atoms with Crippen LogP contribution < -0.4 is 5.32 Å². The minimum absolute atomic E-state index is 0.00394. The first kappa shape index (κ1) is 17.9. The number of likely N-dealkylation sites (tertiary alicyclic amines) is 1. The molecule has 2 heterocycles. The van der Waals surface area contributed by atoms with Crippen molar-refractivity contribution in [3.8, 4) is 0 Å². The Balaban J connectivity index is 1.74. The molecule has 7 heteroatoms. The van der Waals surface area contributed by atoms with Gasteiger partial charge in [-0.05, 0) is 60.5 Å². The molecule has 0 aliphatic carbocycles. The van der Waals surface area contributed by atoms with E-state index in [0.29, 0.717) is 6.54 Å². The Labute approximate surface area is 148 Å². The van der Waals surface area contributed by atoms with Crippen LogP contribution in [-0.2, 0) is 6.18 Å². The van der Waals surface area contributed by atoms with Crippen molar-refractivity contribution in [2.75, 3.05) is 19.6 Å². The van der Waals surface area contributed by atoms with Gasteiger partial charge in [0.25, 0.3) is 5.91 Å². The number of alkyl halides is 3. The number of benzene rings is 1. The lowest BCUT2D eigenvalue weighted by Crippen LogP contribution is -2.37. The molecule has 1 aliphatic rings. The summed E-state index contributed by atoms with van der Waals surface area (Å²) in [6, 6.07) is 6.89. The third kappa shape index (κ3) is 4.22. The molecule has 1 saturated heterocycles. The highest BCUT2D eigenvalue weighted by atomic mass is 32.1. The second kappa shape index (κ2) is 7.58. The van der Waals surface area contributed by atoms with E-state index in [2.05, 4.69) is 10.2 Å². The van der Waals surface area contributed by atoms with E-state index in [1.165, 1.54) is 18.2 Å². The van der Waals surface area contributed by atoms with Crippen LogP contribution in [0.25, 0.3) is 0 Å². The topological polar surface area (TPSA) is 32.3 Å². The first-order chi connectivity index (χ1) is 12.0. The molecule has 1 aliphatic heterocycles. The van der Waals surface area contributed by atoms with Crippen molar-refractivity contribution in [3.05, 3.63) is 57.8 Å². The summed E-state index contributed by atoms with van der Waals surface area (Å²) < 4.78 is 39.3. The van der Waals surface area contributed by atoms with E-state index in [9.17, 15) is 18.0 Å². The summed E-state index contributed by atoms with van der Waals surface area (Å²) in [4.78, 5) is 14.6. The van der Waals surface area contributed by atoms with E-state index in [0.717, 1.165) is 37.6 Å². The maximum Gasteiger partial charge on any atom is 0.417 e. The van der Waals surface area contributed by atoms with Gasteiger partial charge in [0.05, 0.1) is 17.2 Å². The van der Waals surface area contributed by atoms with Crippen molar-refractivity contribution in [1.29, 1.82) is 0 Å². The number of carbonyl (C=O) groups is 1. The van der Waals surface area contributed by atoms with Crippen LogP contribution in [0.1, 0.15) is 40.4 Å². The minimum Gasteiger partial charge on any atom is -0.350 e. The molecule has 0 spiro atoms. The van der Waals surface area contributed by atoms with E-state index < -0.39 is 17.6 Å². The number of thiophene rings is 1. The predicted molar refractivity (Wildman–Crippen MR) is 91.6 cm³/mol. The van der Waals surface area contributed by atoms with Crippen LogP contribution in [0.4, 0.5) is 13.2 Å². The van der Waals surface area contributed by atoms with Crippen molar-refractivity contribution in [2.45, 2.75) is 25.1 Å². The molecule has 1 aromatic carbocycles. The fourth-order valence-electron chi connectivity index (χ4n) is 3.19. The van der Waals surface area contributed by atoms with E-state index in [4.69, 9.17) is 0 Å².